The highest BCUT2D eigenvalue weighted by Gasteiger charge is 2.31. The summed E-state index contributed by atoms with van der Waals surface area (Å²) in [5.74, 6) is -0.574. The van der Waals surface area contributed by atoms with Crippen LogP contribution in [0, 0.1) is 12.7 Å². The van der Waals surface area contributed by atoms with Crippen LogP contribution in [0.4, 0.5) is 4.39 Å². The average Bonchev–Trinajstić information content (AvgIpc) is 3.00. The highest BCUT2D eigenvalue weighted by Crippen LogP contribution is 2.20. The number of halogens is 1. The minimum atomic E-state index is -3.76. The molecule has 0 spiro atoms. The molecule has 8 heteroatoms. The van der Waals surface area contributed by atoms with Crippen LogP contribution in [0.1, 0.15) is 16.1 Å². The molecule has 2 aromatic rings. The first-order valence-electron chi connectivity index (χ1n) is 7.48. The SMILES string of the molecule is Cc1ccoc1C(=O)N1CCN(S(=O)(=O)c2cccc(F)c2)CC1. The summed E-state index contributed by atoms with van der Waals surface area (Å²) in [6.45, 7) is 2.61. The highest BCUT2D eigenvalue weighted by atomic mass is 32.2. The quantitative estimate of drug-likeness (QED) is 0.846. The molecule has 0 radical (unpaired) electrons. The predicted octanol–water partition coefficient (Wildman–Crippen LogP) is 1.87. The Hall–Kier alpha value is -2.19. The molecule has 1 fully saturated rings. The number of hydrogen-bond donors (Lipinski definition) is 0. The molecule has 1 aliphatic rings. The van der Waals surface area contributed by atoms with E-state index in [-0.39, 0.29) is 42.7 Å². The summed E-state index contributed by atoms with van der Waals surface area (Å²) in [5, 5.41) is 0. The van der Waals surface area contributed by atoms with Gasteiger partial charge in [0.25, 0.3) is 5.91 Å². The highest BCUT2D eigenvalue weighted by molar-refractivity contribution is 7.89. The Labute approximate surface area is 139 Å². The number of carbonyl (C=O) groups excluding carboxylic acids is 1. The topological polar surface area (TPSA) is 70.8 Å². The summed E-state index contributed by atoms with van der Waals surface area (Å²) in [6, 6.07) is 6.63. The van der Waals surface area contributed by atoms with Gasteiger partial charge in [0.1, 0.15) is 5.82 Å². The van der Waals surface area contributed by atoms with Gasteiger partial charge in [-0.05, 0) is 31.2 Å². The third-order valence-electron chi connectivity index (χ3n) is 4.02. The molecule has 0 bridgehead atoms. The molecule has 6 nitrogen and oxygen atoms in total. The number of hydrogen-bond acceptors (Lipinski definition) is 4. The van der Waals surface area contributed by atoms with E-state index in [2.05, 4.69) is 0 Å². The van der Waals surface area contributed by atoms with E-state index >= 15 is 0 Å². The Morgan fingerprint density at radius 1 is 1.17 bits per heavy atom. The third kappa shape index (κ3) is 3.07. The van der Waals surface area contributed by atoms with Gasteiger partial charge in [0.2, 0.25) is 10.0 Å². The zero-order valence-electron chi connectivity index (χ0n) is 13.1. The Kier molecular flexibility index (Phi) is 4.42. The van der Waals surface area contributed by atoms with E-state index in [1.165, 1.54) is 28.8 Å². The molecule has 24 heavy (non-hydrogen) atoms. The second kappa shape index (κ2) is 6.37. The van der Waals surface area contributed by atoms with Gasteiger partial charge in [0.05, 0.1) is 11.2 Å². The molecule has 0 unspecified atom stereocenters. The Morgan fingerprint density at radius 2 is 1.88 bits per heavy atom. The van der Waals surface area contributed by atoms with E-state index in [9.17, 15) is 17.6 Å². The molecule has 1 aliphatic heterocycles. The lowest BCUT2D eigenvalue weighted by molar-refractivity contribution is 0.0665. The maximum Gasteiger partial charge on any atom is 0.289 e. The van der Waals surface area contributed by atoms with E-state index in [1.807, 2.05) is 0 Å². The zero-order valence-corrected chi connectivity index (χ0v) is 13.9. The lowest BCUT2D eigenvalue weighted by Gasteiger charge is -2.33. The zero-order chi connectivity index (χ0) is 17.3. The number of carbonyl (C=O) groups is 1. The lowest BCUT2D eigenvalue weighted by atomic mass is 10.2. The van der Waals surface area contributed by atoms with Crippen LogP contribution in [-0.2, 0) is 10.0 Å². The summed E-state index contributed by atoms with van der Waals surface area (Å²) in [7, 11) is -3.76. The minimum Gasteiger partial charge on any atom is -0.459 e. The van der Waals surface area contributed by atoms with Gasteiger partial charge >= 0.3 is 0 Å². The number of aryl methyl sites for hydroxylation is 1. The molecule has 128 valence electrons. The normalized spacial score (nSPS) is 16.3. The van der Waals surface area contributed by atoms with Crippen LogP contribution >= 0.6 is 0 Å². The van der Waals surface area contributed by atoms with Gasteiger partial charge in [-0.15, -0.1) is 0 Å². The first kappa shape index (κ1) is 16.7. The summed E-state index contributed by atoms with van der Waals surface area (Å²) in [6.07, 6.45) is 1.45. The Morgan fingerprint density at radius 3 is 2.46 bits per heavy atom. The van der Waals surface area contributed by atoms with Gasteiger partial charge in [-0.25, -0.2) is 12.8 Å². The second-order valence-electron chi connectivity index (χ2n) is 5.59. The number of benzene rings is 1. The first-order valence-corrected chi connectivity index (χ1v) is 8.92. The van der Waals surface area contributed by atoms with Crippen LogP contribution in [-0.4, -0.2) is 49.7 Å². The van der Waals surface area contributed by atoms with Crippen molar-refractivity contribution in [2.45, 2.75) is 11.8 Å². The van der Waals surface area contributed by atoms with E-state index < -0.39 is 15.8 Å². The molecule has 3 rings (SSSR count). The van der Waals surface area contributed by atoms with Crippen LogP contribution in [0.5, 0.6) is 0 Å². The monoisotopic (exact) mass is 352 g/mol. The largest absolute Gasteiger partial charge is 0.459 e. The number of furan rings is 1. The van der Waals surface area contributed by atoms with Gasteiger partial charge in [-0.1, -0.05) is 6.07 Å². The maximum atomic E-state index is 13.3. The average molecular weight is 352 g/mol. The molecule has 1 saturated heterocycles. The van der Waals surface area contributed by atoms with Gasteiger partial charge in [0, 0.05) is 31.7 Å². The molecule has 1 aromatic carbocycles. The van der Waals surface area contributed by atoms with Crippen molar-refractivity contribution in [2.24, 2.45) is 0 Å². The molecule has 0 aliphatic carbocycles. The fourth-order valence-electron chi connectivity index (χ4n) is 2.64. The second-order valence-corrected chi connectivity index (χ2v) is 7.52. The maximum absolute atomic E-state index is 13.3. The summed E-state index contributed by atoms with van der Waals surface area (Å²) in [5.41, 5.74) is 0.745. The van der Waals surface area contributed by atoms with Crippen LogP contribution in [0.3, 0.4) is 0 Å². The lowest BCUT2D eigenvalue weighted by Crippen LogP contribution is -2.50. The van der Waals surface area contributed by atoms with Crippen molar-refractivity contribution in [3.63, 3.8) is 0 Å². The smallest absolute Gasteiger partial charge is 0.289 e. The Balaban J connectivity index is 1.71. The van der Waals surface area contributed by atoms with Crippen molar-refractivity contribution >= 4 is 15.9 Å². The molecule has 0 saturated carbocycles. The van der Waals surface area contributed by atoms with Crippen molar-refractivity contribution in [3.8, 4) is 0 Å². The standard InChI is InChI=1S/C16H17FN2O4S/c1-12-5-10-23-15(12)16(20)18-6-8-19(9-7-18)24(21,22)14-4-2-3-13(17)11-14/h2-5,10-11H,6-9H2,1H3. The fourth-order valence-corrected chi connectivity index (χ4v) is 4.10. The number of sulfonamides is 1. The van der Waals surface area contributed by atoms with Crippen LogP contribution in [0.25, 0.3) is 0 Å². The van der Waals surface area contributed by atoms with Gasteiger partial charge in [0.15, 0.2) is 5.76 Å². The summed E-state index contributed by atoms with van der Waals surface area (Å²) >= 11 is 0. The third-order valence-corrected chi connectivity index (χ3v) is 5.91. The van der Waals surface area contributed by atoms with Crippen molar-refractivity contribution in [2.75, 3.05) is 26.2 Å². The van der Waals surface area contributed by atoms with E-state index in [0.29, 0.717) is 0 Å². The van der Waals surface area contributed by atoms with Crippen molar-refractivity contribution in [3.05, 3.63) is 53.7 Å². The van der Waals surface area contributed by atoms with E-state index in [1.54, 1.807) is 17.9 Å². The molecule has 0 atom stereocenters. The van der Waals surface area contributed by atoms with E-state index in [4.69, 9.17) is 4.42 Å². The number of nitrogens with zero attached hydrogens (tertiary/aromatic N) is 2. The van der Waals surface area contributed by atoms with Gasteiger partial charge in [-0.2, -0.15) is 4.31 Å². The van der Waals surface area contributed by atoms with Crippen molar-refractivity contribution in [1.29, 1.82) is 0 Å². The van der Waals surface area contributed by atoms with Gasteiger partial charge in [-0.3, -0.25) is 4.79 Å². The van der Waals surface area contributed by atoms with Crippen LogP contribution in [0.15, 0.2) is 45.9 Å². The van der Waals surface area contributed by atoms with E-state index in [0.717, 1.165) is 11.6 Å². The number of piperazine rings is 1. The molecular weight excluding hydrogens is 335 g/mol. The predicted molar refractivity (Wildman–Crippen MR) is 84.5 cm³/mol. The number of rotatable bonds is 3. The minimum absolute atomic E-state index is 0.0795. The summed E-state index contributed by atoms with van der Waals surface area (Å²) in [4.78, 5) is 13.8. The molecule has 1 amide bonds. The van der Waals surface area contributed by atoms with Crippen LogP contribution in [0.2, 0.25) is 0 Å². The number of amides is 1. The summed E-state index contributed by atoms with van der Waals surface area (Å²) < 4.78 is 44.8. The Bertz CT molecular complexity index is 854. The van der Waals surface area contributed by atoms with Crippen molar-refractivity contribution < 1.29 is 22.0 Å². The van der Waals surface area contributed by atoms with Crippen LogP contribution < -0.4 is 0 Å². The fraction of sp³-hybridized carbons (Fsp3) is 0.312. The van der Waals surface area contributed by atoms with Gasteiger partial charge < -0.3 is 9.32 Å². The van der Waals surface area contributed by atoms with Crippen molar-refractivity contribution in [1.82, 2.24) is 9.21 Å². The first-order chi connectivity index (χ1) is 11.4. The molecular formula is C16H17FN2O4S. The molecule has 2 heterocycles. The molecule has 0 N–H and O–H groups in total. The molecule has 1 aromatic heterocycles.